The van der Waals surface area contributed by atoms with E-state index in [1.165, 1.54) is 5.56 Å². The lowest BCUT2D eigenvalue weighted by atomic mass is 9.98. The van der Waals surface area contributed by atoms with Gasteiger partial charge in [0.15, 0.2) is 0 Å². The largest absolute Gasteiger partial charge is 0.493 e. The Bertz CT molecular complexity index is 998. The van der Waals surface area contributed by atoms with Gasteiger partial charge in [-0.3, -0.25) is 14.4 Å². The molecule has 2 fully saturated rings. The van der Waals surface area contributed by atoms with Crippen LogP contribution in [0.4, 0.5) is 4.79 Å². The Kier molecular flexibility index (Phi) is 8.28. The van der Waals surface area contributed by atoms with Gasteiger partial charge < -0.3 is 19.3 Å². The number of carbonyl (C=O) groups excluding carboxylic acids is 2. The summed E-state index contributed by atoms with van der Waals surface area (Å²) in [6, 6.07) is 10.1. The second kappa shape index (κ2) is 11.6. The molecule has 2 aromatic rings. The third-order valence-electron chi connectivity index (χ3n) is 6.74. The maximum atomic E-state index is 12.9. The molecule has 2 aliphatic heterocycles. The lowest BCUT2D eigenvalue weighted by molar-refractivity contribution is 0.0622. The highest BCUT2D eigenvalue weighted by Crippen LogP contribution is 2.21. The van der Waals surface area contributed by atoms with Gasteiger partial charge in [0.25, 0.3) is 5.91 Å². The normalized spacial score (nSPS) is 19.0. The van der Waals surface area contributed by atoms with Crippen LogP contribution in [0.5, 0.6) is 5.75 Å². The molecule has 4 rings (SSSR count). The fourth-order valence-corrected chi connectivity index (χ4v) is 4.83. The summed E-state index contributed by atoms with van der Waals surface area (Å²) >= 11 is 0. The summed E-state index contributed by atoms with van der Waals surface area (Å²) in [5.74, 6) is 1.22. The van der Waals surface area contributed by atoms with E-state index in [1.54, 1.807) is 9.58 Å². The summed E-state index contributed by atoms with van der Waals surface area (Å²) < 4.78 is 12.8. The van der Waals surface area contributed by atoms with Crippen LogP contribution in [0, 0.1) is 12.8 Å². The van der Waals surface area contributed by atoms with Crippen molar-refractivity contribution in [3.63, 3.8) is 0 Å². The molecule has 3 heterocycles. The van der Waals surface area contributed by atoms with Gasteiger partial charge in [0, 0.05) is 58.8 Å². The Labute approximate surface area is 207 Å². The molecule has 0 N–H and O–H groups in total. The molecule has 2 aliphatic rings. The molecule has 1 unspecified atom stereocenters. The molecule has 0 saturated carbocycles. The highest BCUT2D eigenvalue weighted by atomic mass is 16.6. The number of aromatic nitrogens is 2. The Morgan fingerprint density at radius 2 is 1.80 bits per heavy atom. The molecule has 1 aromatic heterocycles. The number of carbonyl (C=O) groups is 2. The first-order valence-electron chi connectivity index (χ1n) is 12.6. The number of likely N-dealkylation sites (tertiary alicyclic amines) is 1. The number of benzene rings is 1. The van der Waals surface area contributed by atoms with E-state index in [9.17, 15) is 9.59 Å². The van der Waals surface area contributed by atoms with Gasteiger partial charge in [-0.05, 0) is 50.5 Å². The third kappa shape index (κ3) is 6.54. The van der Waals surface area contributed by atoms with Crippen LogP contribution in [0.3, 0.4) is 0 Å². The molecular formula is C26H37N5O4. The van der Waals surface area contributed by atoms with Crippen molar-refractivity contribution in [2.45, 2.75) is 33.2 Å². The van der Waals surface area contributed by atoms with Crippen LogP contribution in [0.1, 0.15) is 41.5 Å². The standard InChI is InChI=1S/C26H37N5O4/c1-4-34-26(33)30-14-12-29(13-15-30)17-21-7-9-23(10-8-21)35-19-22-6-5-11-31(18-22)25(32)24-16-20(2)27-28(24)3/h7-10,16,22H,4-6,11-15,17-19H2,1-3H3. The third-order valence-corrected chi connectivity index (χ3v) is 6.74. The van der Waals surface area contributed by atoms with E-state index in [0.29, 0.717) is 44.5 Å². The molecule has 35 heavy (non-hydrogen) atoms. The maximum Gasteiger partial charge on any atom is 0.409 e. The zero-order valence-electron chi connectivity index (χ0n) is 21.1. The van der Waals surface area contributed by atoms with E-state index in [1.807, 2.05) is 44.0 Å². The molecule has 0 bridgehead atoms. The van der Waals surface area contributed by atoms with Gasteiger partial charge in [0.1, 0.15) is 11.4 Å². The van der Waals surface area contributed by atoms with Crippen molar-refractivity contribution in [2.75, 3.05) is 52.5 Å². The predicted octanol–water partition coefficient (Wildman–Crippen LogP) is 2.93. The number of piperazine rings is 1. The molecule has 190 valence electrons. The molecule has 0 spiro atoms. The van der Waals surface area contributed by atoms with E-state index in [4.69, 9.17) is 9.47 Å². The molecule has 2 amide bonds. The minimum absolute atomic E-state index is 0.0465. The lowest BCUT2D eigenvalue weighted by Gasteiger charge is -2.34. The van der Waals surface area contributed by atoms with Crippen LogP contribution in [-0.4, -0.2) is 89.0 Å². The molecular weight excluding hydrogens is 446 g/mol. The number of aryl methyl sites for hydroxylation is 2. The number of hydrogen-bond donors (Lipinski definition) is 0. The SMILES string of the molecule is CCOC(=O)N1CCN(Cc2ccc(OCC3CCCN(C(=O)c4cc(C)nn4C)C3)cc2)CC1. The summed E-state index contributed by atoms with van der Waals surface area (Å²) in [6.07, 6.45) is 1.83. The minimum atomic E-state index is -0.217. The van der Waals surface area contributed by atoms with Crippen LogP contribution < -0.4 is 4.74 Å². The topological polar surface area (TPSA) is 80.1 Å². The Hall–Kier alpha value is -3.07. The molecule has 1 atom stereocenters. The van der Waals surface area contributed by atoms with Gasteiger partial charge in [-0.1, -0.05) is 12.1 Å². The summed E-state index contributed by atoms with van der Waals surface area (Å²) in [5, 5.41) is 4.30. The summed E-state index contributed by atoms with van der Waals surface area (Å²) in [4.78, 5) is 30.8. The Morgan fingerprint density at radius 1 is 1.06 bits per heavy atom. The van der Waals surface area contributed by atoms with E-state index in [0.717, 1.165) is 50.5 Å². The van der Waals surface area contributed by atoms with E-state index < -0.39 is 0 Å². The van der Waals surface area contributed by atoms with Crippen molar-refractivity contribution < 1.29 is 19.1 Å². The van der Waals surface area contributed by atoms with Crippen molar-refractivity contribution in [3.05, 3.63) is 47.3 Å². The number of hydrogen-bond acceptors (Lipinski definition) is 6. The summed E-state index contributed by atoms with van der Waals surface area (Å²) in [5.41, 5.74) is 2.72. The predicted molar refractivity (Wildman–Crippen MR) is 132 cm³/mol. The summed E-state index contributed by atoms with van der Waals surface area (Å²) in [6.45, 7) is 10.2. The highest BCUT2D eigenvalue weighted by molar-refractivity contribution is 5.92. The van der Waals surface area contributed by atoms with Crippen molar-refractivity contribution in [1.29, 1.82) is 0 Å². The first-order chi connectivity index (χ1) is 16.9. The van der Waals surface area contributed by atoms with Crippen molar-refractivity contribution in [1.82, 2.24) is 24.5 Å². The number of rotatable bonds is 7. The van der Waals surface area contributed by atoms with Gasteiger partial charge in [-0.25, -0.2) is 4.79 Å². The maximum absolute atomic E-state index is 12.9. The zero-order chi connectivity index (χ0) is 24.8. The van der Waals surface area contributed by atoms with Gasteiger partial charge in [0.05, 0.1) is 18.9 Å². The summed E-state index contributed by atoms with van der Waals surface area (Å²) in [7, 11) is 1.82. The second-order valence-electron chi connectivity index (χ2n) is 9.47. The van der Waals surface area contributed by atoms with Crippen LogP contribution in [0.25, 0.3) is 0 Å². The zero-order valence-corrected chi connectivity index (χ0v) is 21.1. The van der Waals surface area contributed by atoms with Gasteiger partial charge in [-0.15, -0.1) is 0 Å². The fourth-order valence-electron chi connectivity index (χ4n) is 4.83. The number of piperidine rings is 1. The van der Waals surface area contributed by atoms with E-state index in [-0.39, 0.29) is 12.0 Å². The molecule has 9 nitrogen and oxygen atoms in total. The van der Waals surface area contributed by atoms with Crippen molar-refractivity contribution in [2.24, 2.45) is 13.0 Å². The van der Waals surface area contributed by atoms with Gasteiger partial charge in [-0.2, -0.15) is 5.10 Å². The number of amides is 2. The van der Waals surface area contributed by atoms with E-state index in [2.05, 4.69) is 22.1 Å². The van der Waals surface area contributed by atoms with Crippen molar-refractivity contribution in [3.8, 4) is 5.75 Å². The number of nitrogens with zero attached hydrogens (tertiary/aromatic N) is 5. The van der Waals surface area contributed by atoms with E-state index >= 15 is 0 Å². The van der Waals surface area contributed by atoms with Gasteiger partial charge >= 0.3 is 6.09 Å². The average Bonchev–Trinajstić information content (AvgIpc) is 3.21. The van der Waals surface area contributed by atoms with Crippen LogP contribution in [0.15, 0.2) is 30.3 Å². The van der Waals surface area contributed by atoms with Crippen LogP contribution >= 0.6 is 0 Å². The van der Waals surface area contributed by atoms with Gasteiger partial charge in [0.2, 0.25) is 0 Å². The quantitative estimate of drug-likeness (QED) is 0.603. The second-order valence-corrected chi connectivity index (χ2v) is 9.47. The van der Waals surface area contributed by atoms with Crippen molar-refractivity contribution >= 4 is 12.0 Å². The first kappa shape index (κ1) is 25.0. The van der Waals surface area contributed by atoms with Crippen LogP contribution in [-0.2, 0) is 18.3 Å². The first-order valence-corrected chi connectivity index (χ1v) is 12.6. The highest BCUT2D eigenvalue weighted by Gasteiger charge is 2.27. The molecule has 0 radical (unpaired) electrons. The number of ether oxygens (including phenoxy) is 2. The Balaban J connectivity index is 1.22. The Morgan fingerprint density at radius 3 is 2.46 bits per heavy atom. The molecule has 0 aliphatic carbocycles. The average molecular weight is 484 g/mol. The monoisotopic (exact) mass is 483 g/mol. The fraction of sp³-hybridized carbons (Fsp3) is 0.577. The molecule has 1 aromatic carbocycles. The minimum Gasteiger partial charge on any atom is -0.493 e. The lowest BCUT2D eigenvalue weighted by Crippen LogP contribution is -2.48. The molecule has 9 heteroatoms. The smallest absolute Gasteiger partial charge is 0.409 e. The molecule has 2 saturated heterocycles. The van der Waals surface area contributed by atoms with Crippen LogP contribution in [0.2, 0.25) is 0 Å².